The molecule has 3 amide bonds. The molecule has 216 valence electrons. The summed E-state index contributed by atoms with van der Waals surface area (Å²) < 4.78 is 20.9. The molecular formula is C32H37FN4O4. The summed E-state index contributed by atoms with van der Waals surface area (Å²) in [5.41, 5.74) is 2.14. The average Bonchev–Trinajstić information content (AvgIpc) is 3.57. The molecule has 0 spiro atoms. The van der Waals surface area contributed by atoms with Crippen LogP contribution in [-0.4, -0.2) is 53.6 Å². The zero-order valence-electron chi connectivity index (χ0n) is 24.5. The minimum absolute atomic E-state index is 0.00937. The molecule has 2 heterocycles. The van der Waals surface area contributed by atoms with Crippen LogP contribution < -0.4 is 10.2 Å². The Morgan fingerprint density at radius 1 is 1.17 bits per heavy atom. The lowest BCUT2D eigenvalue weighted by Crippen LogP contribution is -2.55. The second-order valence-corrected chi connectivity index (χ2v) is 13.0. The van der Waals surface area contributed by atoms with E-state index in [1.54, 1.807) is 44.9 Å². The van der Waals surface area contributed by atoms with Crippen LogP contribution in [0.2, 0.25) is 0 Å². The van der Waals surface area contributed by atoms with E-state index >= 15 is 4.39 Å². The zero-order chi connectivity index (χ0) is 29.9. The Morgan fingerprint density at radius 2 is 1.85 bits per heavy atom. The number of nitriles is 1. The van der Waals surface area contributed by atoms with E-state index in [2.05, 4.69) is 11.4 Å². The van der Waals surface area contributed by atoms with Crippen LogP contribution in [0.15, 0.2) is 36.4 Å². The van der Waals surface area contributed by atoms with E-state index in [4.69, 9.17) is 4.74 Å². The summed E-state index contributed by atoms with van der Waals surface area (Å²) in [6, 6.07) is 10.8. The summed E-state index contributed by atoms with van der Waals surface area (Å²) in [7, 11) is 1.74. The zero-order valence-corrected chi connectivity index (χ0v) is 24.5. The number of halogens is 1. The van der Waals surface area contributed by atoms with Crippen molar-refractivity contribution in [1.82, 2.24) is 10.2 Å². The minimum atomic E-state index is -0.968. The third-order valence-corrected chi connectivity index (χ3v) is 8.61. The molecule has 1 saturated carbocycles. The quantitative estimate of drug-likeness (QED) is 0.549. The molecule has 2 aromatic carbocycles. The number of anilines is 1. The van der Waals surface area contributed by atoms with Crippen molar-refractivity contribution in [3.63, 3.8) is 0 Å². The highest BCUT2D eigenvalue weighted by atomic mass is 19.1. The van der Waals surface area contributed by atoms with Gasteiger partial charge >= 0.3 is 6.09 Å². The molecule has 9 heteroatoms. The number of hydrogen-bond acceptors (Lipinski definition) is 5. The largest absolute Gasteiger partial charge is 0.444 e. The maximum Gasteiger partial charge on any atom is 0.411 e. The normalized spacial score (nSPS) is 23.3. The standard InChI is InChI=1S/C32H37FN4O4/c1-31(2,3)41-30(40)37-23-11-9-21(14-23)27(37)28(38)35-22(17-34)13-20-8-7-18(15-25(20)33)19-10-12-24-26(16-19)36(6)29(39)32(24,4)5/h7-8,10,12,15-16,21-23,27H,9,11,13-14H2,1-6H3,(H,35,38)/t21-,22-,23+,27-/m0/s1. The molecule has 2 fully saturated rings. The molecule has 1 aliphatic carbocycles. The number of likely N-dealkylation sites (N-methyl/N-ethyl adjacent to an activating group) is 1. The minimum Gasteiger partial charge on any atom is -0.444 e. The number of nitrogens with one attached hydrogen (secondary N) is 1. The summed E-state index contributed by atoms with van der Waals surface area (Å²) in [4.78, 5) is 42.1. The van der Waals surface area contributed by atoms with E-state index in [0.29, 0.717) is 11.1 Å². The molecule has 0 unspecified atom stereocenters. The molecule has 5 rings (SSSR count). The first kappa shape index (κ1) is 28.6. The van der Waals surface area contributed by atoms with Gasteiger partial charge in [0.25, 0.3) is 0 Å². The fraction of sp³-hybridized carbons (Fsp3) is 0.500. The number of carbonyl (C=O) groups is 3. The molecule has 0 radical (unpaired) electrons. The maximum atomic E-state index is 15.3. The van der Waals surface area contributed by atoms with Crippen LogP contribution in [0.3, 0.4) is 0 Å². The number of nitrogens with zero attached hydrogens (tertiary/aromatic N) is 3. The van der Waals surface area contributed by atoms with E-state index in [1.807, 2.05) is 32.0 Å². The molecule has 41 heavy (non-hydrogen) atoms. The molecule has 2 bridgehead atoms. The van der Waals surface area contributed by atoms with Gasteiger partial charge in [0.15, 0.2) is 0 Å². The van der Waals surface area contributed by atoms with Crippen molar-refractivity contribution < 1.29 is 23.5 Å². The lowest BCUT2D eigenvalue weighted by Gasteiger charge is -2.35. The van der Waals surface area contributed by atoms with Crippen LogP contribution in [0, 0.1) is 23.1 Å². The van der Waals surface area contributed by atoms with Gasteiger partial charge in [0.2, 0.25) is 11.8 Å². The van der Waals surface area contributed by atoms with Gasteiger partial charge in [-0.2, -0.15) is 5.26 Å². The topological polar surface area (TPSA) is 103 Å². The van der Waals surface area contributed by atoms with Gasteiger partial charge in [-0.05, 0) is 94.2 Å². The smallest absolute Gasteiger partial charge is 0.411 e. The number of carbonyl (C=O) groups excluding carboxylic acids is 3. The highest BCUT2D eigenvalue weighted by Crippen LogP contribution is 2.44. The summed E-state index contributed by atoms with van der Waals surface area (Å²) in [6.07, 6.45) is 1.85. The number of rotatable bonds is 5. The Morgan fingerprint density at radius 3 is 2.51 bits per heavy atom. The van der Waals surface area contributed by atoms with Crippen LogP contribution in [-0.2, 0) is 26.2 Å². The molecule has 1 saturated heterocycles. The number of benzene rings is 2. The van der Waals surface area contributed by atoms with Crippen molar-refractivity contribution in [3.8, 4) is 17.2 Å². The molecule has 2 aromatic rings. The van der Waals surface area contributed by atoms with Crippen molar-refractivity contribution in [1.29, 1.82) is 5.26 Å². The van der Waals surface area contributed by atoms with Gasteiger partial charge in [0, 0.05) is 25.2 Å². The third-order valence-electron chi connectivity index (χ3n) is 8.61. The van der Waals surface area contributed by atoms with Gasteiger partial charge in [-0.3, -0.25) is 14.5 Å². The molecule has 1 N–H and O–H groups in total. The van der Waals surface area contributed by atoms with Crippen LogP contribution in [0.5, 0.6) is 0 Å². The van der Waals surface area contributed by atoms with Crippen molar-refractivity contribution in [3.05, 3.63) is 53.3 Å². The average molecular weight is 561 g/mol. The van der Waals surface area contributed by atoms with E-state index in [1.165, 1.54) is 11.0 Å². The van der Waals surface area contributed by atoms with Gasteiger partial charge < -0.3 is 15.0 Å². The predicted octanol–water partition coefficient (Wildman–Crippen LogP) is 5.09. The number of ether oxygens (including phenoxy) is 1. The van der Waals surface area contributed by atoms with Crippen LogP contribution >= 0.6 is 0 Å². The Labute approximate surface area is 240 Å². The van der Waals surface area contributed by atoms with Gasteiger partial charge in [0.1, 0.15) is 23.5 Å². The van der Waals surface area contributed by atoms with Gasteiger partial charge in [-0.15, -0.1) is 0 Å². The van der Waals surface area contributed by atoms with Crippen LogP contribution in [0.25, 0.3) is 11.1 Å². The van der Waals surface area contributed by atoms with E-state index < -0.39 is 40.9 Å². The van der Waals surface area contributed by atoms with Crippen LogP contribution in [0.1, 0.15) is 65.0 Å². The van der Waals surface area contributed by atoms with Crippen molar-refractivity contribution >= 4 is 23.6 Å². The Bertz CT molecular complexity index is 1460. The monoisotopic (exact) mass is 560 g/mol. The Kier molecular flexibility index (Phi) is 7.09. The van der Waals surface area contributed by atoms with E-state index in [-0.39, 0.29) is 24.3 Å². The first-order valence-electron chi connectivity index (χ1n) is 14.1. The fourth-order valence-corrected chi connectivity index (χ4v) is 6.56. The predicted molar refractivity (Wildman–Crippen MR) is 153 cm³/mol. The van der Waals surface area contributed by atoms with E-state index in [0.717, 1.165) is 36.1 Å². The van der Waals surface area contributed by atoms with Gasteiger partial charge in [-0.1, -0.05) is 24.3 Å². The number of likely N-dealkylation sites (tertiary alicyclic amines) is 1. The first-order chi connectivity index (χ1) is 19.2. The summed E-state index contributed by atoms with van der Waals surface area (Å²) in [5.74, 6) is -0.880. The Hall–Kier alpha value is -3.93. The molecule has 3 aliphatic rings. The number of hydrogen-bond donors (Lipinski definition) is 1. The lowest BCUT2D eigenvalue weighted by atomic mass is 9.85. The molecular weight excluding hydrogens is 523 g/mol. The molecule has 8 nitrogen and oxygen atoms in total. The highest BCUT2D eigenvalue weighted by molar-refractivity contribution is 6.07. The summed E-state index contributed by atoms with van der Waals surface area (Å²) in [5, 5.41) is 12.6. The fourth-order valence-electron chi connectivity index (χ4n) is 6.56. The first-order valence-corrected chi connectivity index (χ1v) is 14.1. The number of piperidine rings is 1. The van der Waals surface area contributed by atoms with Gasteiger partial charge in [0.05, 0.1) is 11.5 Å². The van der Waals surface area contributed by atoms with E-state index in [9.17, 15) is 19.6 Å². The number of amides is 3. The SMILES string of the molecule is CN1C(=O)C(C)(C)c2ccc(-c3ccc(C[C@@H](C#N)NC(=O)[C@@H]4[C@H]5CC[C@H](C5)N4C(=O)OC(C)(C)C)c(F)c3)cc21. The maximum absolute atomic E-state index is 15.3. The van der Waals surface area contributed by atoms with Crippen LogP contribution in [0.4, 0.5) is 14.9 Å². The molecule has 0 aromatic heterocycles. The lowest BCUT2D eigenvalue weighted by molar-refractivity contribution is -0.128. The van der Waals surface area contributed by atoms with Crippen molar-refractivity contribution in [2.45, 2.75) is 89.4 Å². The Balaban J connectivity index is 1.30. The highest BCUT2D eigenvalue weighted by Gasteiger charge is 2.52. The van der Waals surface area contributed by atoms with Crippen molar-refractivity contribution in [2.24, 2.45) is 5.92 Å². The molecule has 2 aliphatic heterocycles. The second-order valence-electron chi connectivity index (χ2n) is 13.0. The van der Waals surface area contributed by atoms with Gasteiger partial charge in [-0.25, -0.2) is 9.18 Å². The van der Waals surface area contributed by atoms with Crippen molar-refractivity contribution in [2.75, 3.05) is 11.9 Å². The molecule has 4 atom stereocenters. The summed E-state index contributed by atoms with van der Waals surface area (Å²) in [6.45, 7) is 9.13. The number of fused-ring (bicyclic) bond motifs is 3. The summed E-state index contributed by atoms with van der Waals surface area (Å²) >= 11 is 0. The third kappa shape index (κ3) is 5.16. The second kappa shape index (κ2) is 10.2.